The molecule has 0 atom stereocenters. The Balaban J connectivity index is 2.39. The molecule has 6 nitrogen and oxygen atoms in total. The minimum absolute atomic E-state index is 0.0882. The maximum atomic E-state index is 13.9. The van der Waals surface area contributed by atoms with Crippen LogP contribution in [0.15, 0.2) is 30.3 Å². The van der Waals surface area contributed by atoms with Gasteiger partial charge in [-0.15, -0.1) is 0 Å². The van der Waals surface area contributed by atoms with E-state index in [9.17, 15) is 23.7 Å². The molecule has 2 aromatic rings. The number of rotatable bonds is 3. The lowest BCUT2D eigenvalue weighted by Crippen LogP contribution is -2.17. The monoisotopic (exact) mass is 293 g/mol. The number of pyridine rings is 1. The SMILES string of the molecule is Cc1cccc(NC(=O)c2c(F)ccc([N+](=O)[O-])c2F)n1. The van der Waals surface area contributed by atoms with Crippen molar-refractivity contribution in [1.29, 1.82) is 0 Å². The lowest BCUT2D eigenvalue weighted by Gasteiger charge is -2.07. The van der Waals surface area contributed by atoms with Crippen LogP contribution in [0.5, 0.6) is 0 Å². The van der Waals surface area contributed by atoms with Crippen molar-refractivity contribution in [1.82, 2.24) is 4.98 Å². The normalized spacial score (nSPS) is 10.2. The van der Waals surface area contributed by atoms with Crippen molar-refractivity contribution in [2.75, 3.05) is 5.32 Å². The molecule has 0 spiro atoms. The summed E-state index contributed by atoms with van der Waals surface area (Å²) < 4.78 is 27.4. The molecule has 0 aliphatic rings. The lowest BCUT2D eigenvalue weighted by molar-refractivity contribution is -0.387. The third-order valence-corrected chi connectivity index (χ3v) is 2.62. The predicted octanol–water partition coefficient (Wildman–Crippen LogP) is 2.83. The number of anilines is 1. The number of benzene rings is 1. The highest BCUT2D eigenvalue weighted by Gasteiger charge is 2.26. The largest absolute Gasteiger partial charge is 0.306 e. The summed E-state index contributed by atoms with van der Waals surface area (Å²) in [6.45, 7) is 1.67. The molecule has 1 aromatic carbocycles. The zero-order valence-electron chi connectivity index (χ0n) is 10.8. The number of aryl methyl sites for hydroxylation is 1. The maximum Gasteiger partial charge on any atom is 0.305 e. The van der Waals surface area contributed by atoms with Gasteiger partial charge in [-0.1, -0.05) is 6.07 Å². The Morgan fingerprint density at radius 3 is 2.62 bits per heavy atom. The van der Waals surface area contributed by atoms with Crippen LogP contribution in [0.25, 0.3) is 0 Å². The molecule has 21 heavy (non-hydrogen) atoms. The van der Waals surface area contributed by atoms with E-state index in [2.05, 4.69) is 10.3 Å². The molecule has 0 radical (unpaired) electrons. The average Bonchev–Trinajstić information content (AvgIpc) is 2.38. The van der Waals surface area contributed by atoms with Crippen LogP contribution in [-0.4, -0.2) is 15.8 Å². The van der Waals surface area contributed by atoms with E-state index in [-0.39, 0.29) is 5.82 Å². The summed E-state index contributed by atoms with van der Waals surface area (Å²) in [6.07, 6.45) is 0. The van der Waals surface area contributed by atoms with Crippen LogP contribution in [0.3, 0.4) is 0 Å². The van der Waals surface area contributed by atoms with E-state index < -0.39 is 33.7 Å². The summed E-state index contributed by atoms with van der Waals surface area (Å²) in [5, 5.41) is 12.8. The van der Waals surface area contributed by atoms with E-state index in [0.29, 0.717) is 17.8 Å². The summed E-state index contributed by atoms with van der Waals surface area (Å²) in [6, 6.07) is 6.02. The second-order valence-electron chi connectivity index (χ2n) is 4.13. The minimum Gasteiger partial charge on any atom is -0.306 e. The van der Waals surface area contributed by atoms with E-state index in [1.54, 1.807) is 19.1 Å². The van der Waals surface area contributed by atoms with Gasteiger partial charge in [0.15, 0.2) is 0 Å². The van der Waals surface area contributed by atoms with Gasteiger partial charge in [0.2, 0.25) is 5.82 Å². The molecule has 1 N–H and O–H groups in total. The van der Waals surface area contributed by atoms with E-state index in [0.717, 1.165) is 0 Å². The highest BCUT2D eigenvalue weighted by atomic mass is 19.1. The maximum absolute atomic E-state index is 13.9. The van der Waals surface area contributed by atoms with Crippen LogP contribution in [0.2, 0.25) is 0 Å². The number of nitro groups is 1. The second-order valence-corrected chi connectivity index (χ2v) is 4.13. The standard InChI is InChI=1S/C13H9F2N3O3/c1-7-3-2-4-10(16-7)17-13(19)11-8(14)5-6-9(12(11)15)18(20)21/h2-6H,1H3,(H,16,17,19). The molecule has 1 amide bonds. The van der Waals surface area contributed by atoms with E-state index in [4.69, 9.17) is 0 Å². The summed E-state index contributed by atoms with van der Waals surface area (Å²) in [5.74, 6) is -3.77. The van der Waals surface area contributed by atoms with Gasteiger partial charge in [-0.3, -0.25) is 14.9 Å². The average molecular weight is 293 g/mol. The molecule has 0 fully saturated rings. The first-order valence-corrected chi connectivity index (χ1v) is 5.77. The molecule has 2 rings (SSSR count). The minimum atomic E-state index is -1.52. The summed E-state index contributed by atoms with van der Waals surface area (Å²) in [7, 11) is 0. The summed E-state index contributed by atoms with van der Waals surface area (Å²) in [4.78, 5) is 25.4. The molecule has 1 heterocycles. The molecule has 0 bridgehead atoms. The molecule has 0 saturated carbocycles. The molecule has 1 aromatic heterocycles. The Bertz CT molecular complexity index is 735. The first-order chi connectivity index (χ1) is 9.90. The molecule has 0 aliphatic heterocycles. The highest BCUT2D eigenvalue weighted by molar-refractivity contribution is 6.04. The highest BCUT2D eigenvalue weighted by Crippen LogP contribution is 2.23. The van der Waals surface area contributed by atoms with E-state index in [1.165, 1.54) is 6.07 Å². The Labute approximate surface area is 117 Å². The van der Waals surface area contributed by atoms with Gasteiger partial charge in [-0.2, -0.15) is 4.39 Å². The molecule has 0 aliphatic carbocycles. The van der Waals surface area contributed by atoms with E-state index >= 15 is 0 Å². The van der Waals surface area contributed by atoms with Crippen LogP contribution in [0.4, 0.5) is 20.3 Å². The number of hydrogen-bond donors (Lipinski definition) is 1. The third kappa shape index (κ3) is 2.99. The molecular formula is C13H9F2N3O3. The number of carbonyl (C=O) groups is 1. The van der Waals surface area contributed by atoms with Crippen LogP contribution < -0.4 is 5.32 Å². The second kappa shape index (κ2) is 5.61. The summed E-state index contributed by atoms with van der Waals surface area (Å²) in [5.41, 5.74) is -1.40. The number of amides is 1. The van der Waals surface area contributed by atoms with Crippen molar-refractivity contribution in [3.63, 3.8) is 0 Å². The van der Waals surface area contributed by atoms with Gasteiger partial charge in [0.05, 0.1) is 4.92 Å². The zero-order chi connectivity index (χ0) is 15.6. The van der Waals surface area contributed by atoms with Gasteiger partial charge in [-0.05, 0) is 25.1 Å². The number of halogens is 2. The first-order valence-electron chi connectivity index (χ1n) is 5.77. The number of aromatic nitrogens is 1. The zero-order valence-corrected chi connectivity index (χ0v) is 10.8. The molecule has 108 valence electrons. The number of nitrogens with one attached hydrogen (secondary N) is 1. The van der Waals surface area contributed by atoms with Gasteiger partial charge in [0.25, 0.3) is 5.91 Å². The van der Waals surface area contributed by atoms with Crippen LogP contribution in [-0.2, 0) is 0 Å². The lowest BCUT2D eigenvalue weighted by atomic mass is 10.1. The number of nitro benzene ring substituents is 1. The fourth-order valence-electron chi connectivity index (χ4n) is 1.68. The van der Waals surface area contributed by atoms with Crippen LogP contribution in [0, 0.1) is 28.7 Å². The number of hydrogen-bond acceptors (Lipinski definition) is 4. The Hall–Kier alpha value is -2.90. The van der Waals surface area contributed by atoms with Crippen LogP contribution in [0.1, 0.15) is 16.1 Å². The fourth-order valence-corrected chi connectivity index (χ4v) is 1.68. The summed E-state index contributed by atoms with van der Waals surface area (Å²) >= 11 is 0. The van der Waals surface area contributed by atoms with Crippen molar-refractivity contribution in [3.05, 3.63) is 63.3 Å². The van der Waals surface area contributed by atoms with Gasteiger partial charge in [0.1, 0.15) is 17.2 Å². The molecular weight excluding hydrogens is 284 g/mol. The van der Waals surface area contributed by atoms with Crippen molar-refractivity contribution in [2.24, 2.45) is 0 Å². The molecule has 0 unspecified atom stereocenters. The van der Waals surface area contributed by atoms with Crippen molar-refractivity contribution in [3.8, 4) is 0 Å². The Morgan fingerprint density at radius 2 is 2.00 bits per heavy atom. The van der Waals surface area contributed by atoms with Gasteiger partial charge < -0.3 is 5.32 Å². The number of carbonyl (C=O) groups excluding carboxylic acids is 1. The topological polar surface area (TPSA) is 85.1 Å². The van der Waals surface area contributed by atoms with Crippen molar-refractivity contribution in [2.45, 2.75) is 6.92 Å². The first kappa shape index (κ1) is 14.5. The number of nitrogens with zero attached hydrogens (tertiary/aromatic N) is 2. The van der Waals surface area contributed by atoms with Gasteiger partial charge >= 0.3 is 5.69 Å². The van der Waals surface area contributed by atoms with Gasteiger partial charge in [0, 0.05) is 11.8 Å². The molecule has 0 saturated heterocycles. The predicted molar refractivity (Wildman–Crippen MR) is 69.9 cm³/mol. The third-order valence-electron chi connectivity index (χ3n) is 2.62. The quantitative estimate of drug-likeness (QED) is 0.696. The van der Waals surface area contributed by atoms with Crippen molar-refractivity contribution >= 4 is 17.4 Å². The Kier molecular flexibility index (Phi) is 3.88. The molecule has 8 heteroatoms. The van der Waals surface area contributed by atoms with Crippen molar-refractivity contribution < 1.29 is 18.5 Å². The van der Waals surface area contributed by atoms with E-state index in [1.807, 2.05) is 0 Å². The smallest absolute Gasteiger partial charge is 0.305 e. The van der Waals surface area contributed by atoms with Crippen LogP contribution >= 0.6 is 0 Å². The van der Waals surface area contributed by atoms with Gasteiger partial charge in [-0.25, -0.2) is 9.37 Å². The Morgan fingerprint density at radius 1 is 1.29 bits per heavy atom. The fraction of sp³-hybridized carbons (Fsp3) is 0.0769.